The van der Waals surface area contributed by atoms with Gasteiger partial charge >= 0.3 is 0 Å². The Balaban J connectivity index is 1.69. The molecule has 0 fully saturated rings. The molecule has 3 aromatic rings. The molecule has 0 radical (unpaired) electrons. The van der Waals surface area contributed by atoms with E-state index < -0.39 is 0 Å². The number of amides is 2. The Morgan fingerprint density at radius 2 is 1.33 bits per heavy atom. The van der Waals surface area contributed by atoms with E-state index in [1.54, 1.807) is 36.4 Å². The van der Waals surface area contributed by atoms with Gasteiger partial charge in [0.1, 0.15) is 0 Å². The maximum absolute atomic E-state index is 12.9. The van der Waals surface area contributed by atoms with Gasteiger partial charge < -0.3 is 0 Å². The zero-order valence-corrected chi connectivity index (χ0v) is 14.8. The normalized spacial score (nSPS) is 14.2. The molecule has 2 amide bonds. The highest BCUT2D eigenvalue weighted by atomic mass is 16.2. The van der Waals surface area contributed by atoms with Crippen LogP contribution >= 0.6 is 0 Å². The fourth-order valence-corrected chi connectivity index (χ4v) is 3.39. The summed E-state index contributed by atoms with van der Waals surface area (Å²) < 4.78 is 0. The van der Waals surface area contributed by atoms with E-state index in [4.69, 9.17) is 0 Å². The molecular weight excluding hydrogens is 338 g/mol. The summed E-state index contributed by atoms with van der Waals surface area (Å²) in [4.78, 5) is 39.6. The summed E-state index contributed by atoms with van der Waals surface area (Å²) >= 11 is 0. The Morgan fingerprint density at radius 1 is 0.741 bits per heavy atom. The van der Waals surface area contributed by atoms with Crippen LogP contribution in [0, 0.1) is 0 Å². The molecule has 0 N–H and O–H groups in total. The Kier molecular flexibility index (Phi) is 4.16. The summed E-state index contributed by atoms with van der Waals surface area (Å²) in [5.74, 6) is -0.868. The van der Waals surface area contributed by atoms with Gasteiger partial charge in [-0.2, -0.15) is 0 Å². The molecule has 0 bridgehead atoms. The van der Waals surface area contributed by atoms with E-state index >= 15 is 0 Å². The third-order valence-corrected chi connectivity index (χ3v) is 4.89. The Morgan fingerprint density at radius 3 is 2.00 bits per heavy atom. The number of nitrogens with zero attached hydrogens (tertiary/aromatic N) is 1. The van der Waals surface area contributed by atoms with Crippen LogP contribution in [0.3, 0.4) is 0 Å². The van der Waals surface area contributed by atoms with Crippen molar-refractivity contribution in [3.05, 3.63) is 107 Å². The molecular formula is C23H17NO3. The lowest BCUT2D eigenvalue weighted by Gasteiger charge is -2.22. The molecule has 27 heavy (non-hydrogen) atoms. The van der Waals surface area contributed by atoms with Crippen LogP contribution in [-0.4, -0.2) is 22.5 Å². The van der Waals surface area contributed by atoms with E-state index in [0.29, 0.717) is 16.7 Å². The van der Waals surface area contributed by atoms with Gasteiger partial charge in [-0.15, -0.1) is 0 Å². The third-order valence-electron chi connectivity index (χ3n) is 4.89. The maximum atomic E-state index is 12.9. The quantitative estimate of drug-likeness (QED) is 0.519. The Hall–Kier alpha value is -3.53. The first-order valence-electron chi connectivity index (χ1n) is 8.74. The molecule has 0 saturated heterocycles. The number of ketones is 1. The monoisotopic (exact) mass is 355 g/mol. The van der Waals surface area contributed by atoms with Gasteiger partial charge in [-0.05, 0) is 24.6 Å². The minimum absolute atomic E-state index is 0.173. The van der Waals surface area contributed by atoms with Crippen LogP contribution in [0.25, 0.3) is 0 Å². The van der Waals surface area contributed by atoms with Crippen LogP contribution in [0.5, 0.6) is 0 Å². The second kappa shape index (κ2) is 6.65. The molecule has 0 aromatic heterocycles. The van der Waals surface area contributed by atoms with E-state index in [0.717, 1.165) is 5.56 Å². The Labute approximate surface area is 157 Å². The highest BCUT2D eigenvalue weighted by Crippen LogP contribution is 2.32. The average Bonchev–Trinajstić information content (AvgIpc) is 2.98. The van der Waals surface area contributed by atoms with Crippen molar-refractivity contribution in [1.82, 2.24) is 4.90 Å². The first-order valence-corrected chi connectivity index (χ1v) is 8.74. The van der Waals surface area contributed by atoms with E-state index in [-0.39, 0.29) is 29.2 Å². The van der Waals surface area contributed by atoms with E-state index in [2.05, 4.69) is 0 Å². The summed E-state index contributed by atoms with van der Waals surface area (Å²) in [6.07, 6.45) is 0. The SMILES string of the molecule is CC(c1ccccc1)N1C(=O)c2ccc(C(=O)c3ccccc3)cc2C1=O. The third kappa shape index (κ3) is 2.85. The van der Waals surface area contributed by atoms with E-state index in [1.807, 2.05) is 43.3 Å². The molecule has 1 heterocycles. The van der Waals surface area contributed by atoms with Crippen molar-refractivity contribution < 1.29 is 14.4 Å². The van der Waals surface area contributed by atoms with Gasteiger partial charge in [0.25, 0.3) is 11.8 Å². The molecule has 1 unspecified atom stereocenters. The minimum Gasteiger partial charge on any atom is -0.289 e. The van der Waals surface area contributed by atoms with E-state index in [1.165, 1.54) is 11.0 Å². The molecule has 4 nitrogen and oxygen atoms in total. The van der Waals surface area contributed by atoms with Crippen molar-refractivity contribution in [2.75, 3.05) is 0 Å². The fourth-order valence-electron chi connectivity index (χ4n) is 3.39. The molecule has 132 valence electrons. The molecule has 0 spiro atoms. The van der Waals surface area contributed by atoms with Gasteiger partial charge in [-0.1, -0.05) is 66.7 Å². The lowest BCUT2D eigenvalue weighted by atomic mass is 9.99. The summed E-state index contributed by atoms with van der Waals surface area (Å²) in [6, 6.07) is 22.6. The number of hydrogen-bond donors (Lipinski definition) is 0. The zero-order chi connectivity index (χ0) is 19.0. The summed E-state index contributed by atoms with van der Waals surface area (Å²) in [5.41, 5.74) is 2.45. The smallest absolute Gasteiger partial charge is 0.262 e. The fraction of sp³-hybridized carbons (Fsp3) is 0.0870. The molecule has 1 aliphatic rings. The number of rotatable bonds is 4. The lowest BCUT2D eigenvalue weighted by molar-refractivity contribution is 0.0595. The molecule has 3 aromatic carbocycles. The van der Waals surface area contributed by atoms with Crippen molar-refractivity contribution in [1.29, 1.82) is 0 Å². The summed E-state index contributed by atoms with van der Waals surface area (Å²) in [5, 5.41) is 0. The second-order valence-corrected chi connectivity index (χ2v) is 6.52. The first-order chi connectivity index (χ1) is 13.1. The molecule has 1 aliphatic heterocycles. The standard InChI is InChI=1S/C23H17NO3/c1-15(16-8-4-2-5-9-16)24-22(26)19-13-12-18(14-20(19)23(24)27)21(25)17-10-6-3-7-11-17/h2-15H,1H3. The van der Waals surface area contributed by atoms with Crippen molar-refractivity contribution in [2.45, 2.75) is 13.0 Å². The van der Waals surface area contributed by atoms with Gasteiger partial charge in [-0.25, -0.2) is 0 Å². The van der Waals surface area contributed by atoms with Crippen molar-refractivity contribution in [2.24, 2.45) is 0 Å². The Bertz CT molecular complexity index is 1040. The highest BCUT2D eigenvalue weighted by molar-refractivity contribution is 6.22. The second-order valence-electron chi connectivity index (χ2n) is 6.52. The topological polar surface area (TPSA) is 54.5 Å². The van der Waals surface area contributed by atoms with Crippen LogP contribution in [0.4, 0.5) is 0 Å². The molecule has 4 heteroatoms. The lowest BCUT2D eigenvalue weighted by Crippen LogP contribution is -2.32. The molecule has 0 aliphatic carbocycles. The van der Waals surface area contributed by atoms with Crippen LogP contribution in [0.2, 0.25) is 0 Å². The highest BCUT2D eigenvalue weighted by Gasteiger charge is 2.39. The predicted octanol–water partition coefficient (Wildman–Crippen LogP) is 4.27. The van der Waals surface area contributed by atoms with Crippen LogP contribution in [0.1, 0.15) is 55.2 Å². The molecule has 0 saturated carbocycles. The van der Waals surface area contributed by atoms with Gasteiger partial charge in [0, 0.05) is 11.1 Å². The summed E-state index contributed by atoms with van der Waals surface area (Å²) in [6.45, 7) is 1.83. The number of hydrogen-bond acceptors (Lipinski definition) is 3. The number of carbonyl (C=O) groups excluding carboxylic acids is 3. The number of imide groups is 1. The first kappa shape index (κ1) is 16.9. The number of benzene rings is 3. The van der Waals surface area contributed by atoms with Gasteiger partial charge in [0.15, 0.2) is 5.78 Å². The van der Waals surface area contributed by atoms with Gasteiger partial charge in [-0.3, -0.25) is 19.3 Å². The average molecular weight is 355 g/mol. The maximum Gasteiger partial charge on any atom is 0.262 e. The van der Waals surface area contributed by atoms with Crippen LogP contribution < -0.4 is 0 Å². The number of fused-ring (bicyclic) bond motifs is 1. The van der Waals surface area contributed by atoms with Crippen molar-refractivity contribution in [3.63, 3.8) is 0 Å². The summed E-state index contributed by atoms with van der Waals surface area (Å²) in [7, 11) is 0. The molecule has 4 rings (SSSR count). The molecule has 1 atom stereocenters. The predicted molar refractivity (Wildman–Crippen MR) is 102 cm³/mol. The van der Waals surface area contributed by atoms with Gasteiger partial charge in [0.2, 0.25) is 0 Å². The zero-order valence-electron chi connectivity index (χ0n) is 14.8. The minimum atomic E-state index is -0.383. The van der Waals surface area contributed by atoms with Crippen LogP contribution in [0.15, 0.2) is 78.9 Å². The van der Waals surface area contributed by atoms with Crippen molar-refractivity contribution >= 4 is 17.6 Å². The van der Waals surface area contributed by atoms with Crippen LogP contribution in [-0.2, 0) is 0 Å². The van der Waals surface area contributed by atoms with Crippen molar-refractivity contribution in [3.8, 4) is 0 Å². The number of carbonyl (C=O) groups is 3. The largest absolute Gasteiger partial charge is 0.289 e. The van der Waals surface area contributed by atoms with E-state index in [9.17, 15) is 14.4 Å². The van der Waals surface area contributed by atoms with Gasteiger partial charge in [0.05, 0.1) is 17.2 Å².